The van der Waals surface area contributed by atoms with E-state index in [1.54, 1.807) is 17.2 Å². The molecule has 1 aromatic carbocycles. The van der Waals surface area contributed by atoms with Crippen molar-refractivity contribution in [3.05, 3.63) is 65.3 Å². The van der Waals surface area contributed by atoms with Crippen molar-refractivity contribution >= 4 is 28.7 Å². The fourth-order valence-corrected chi connectivity index (χ4v) is 3.90. The van der Waals surface area contributed by atoms with Crippen molar-refractivity contribution in [2.24, 2.45) is 0 Å². The van der Waals surface area contributed by atoms with E-state index < -0.39 is 0 Å². The molecule has 0 radical (unpaired) electrons. The first-order valence-corrected chi connectivity index (χ1v) is 9.39. The zero-order valence-corrected chi connectivity index (χ0v) is 14.9. The van der Waals surface area contributed by atoms with Crippen LogP contribution in [0.2, 0.25) is 0 Å². The van der Waals surface area contributed by atoms with E-state index in [2.05, 4.69) is 9.97 Å². The lowest BCUT2D eigenvalue weighted by atomic mass is 10.00. The predicted molar refractivity (Wildman–Crippen MR) is 101 cm³/mol. The van der Waals surface area contributed by atoms with Gasteiger partial charge in [0, 0.05) is 36.5 Å². The molecule has 3 heterocycles. The minimum absolute atomic E-state index is 0.0253. The second-order valence-electron chi connectivity index (χ2n) is 6.09. The first-order valence-electron chi connectivity index (χ1n) is 8.51. The van der Waals surface area contributed by atoms with Gasteiger partial charge in [0.15, 0.2) is 5.78 Å². The van der Waals surface area contributed by atoms with Gasteiger partial charge in [0.05, 0.1) is 17.1 Å². The van der Waals surface area contributed by atoms with E-state index in [9.17, 15) is 9.59 Å². The van der Waals surface area contributed by atoms with Crippen LogP contribution < -0.4 is 4.90 Å². The zero-order chi connectivity index (χ0) is 17.9. The molecule has 0 fully saturated rings. The first kappa shape index (κ1) is 16.6. The predicted octanol–water partition coefficient (Wildman–Crippen LogP) is 3.76. The summed E-state index contributed by atoms with van der Waals surface area (Å²) in [6.45, 7) is 0.449. The highest BCUT2D eigenvalue weighted by Gasteiger charge is 2.26. The molecular weight excluding hydrogens is 346 g/mol. The molecule has 0 N–H and O–H groups in total. The molecule has 130 valence electrons. The van der Waals surface area contributed by atoms with Crippen LogP contribution in [-0.2, 0) is 11.2 Å². The highest BCUT2D eigenvalue weighted by atomic mass is 32.1. The summed E-state index contributed by atoms with van der Waals surface area (Å²) in [5.74, 6) is 0.126. The van der Waals surface area contributed by atoms with E-state index in [4.69, 9.17) is 0 Å². The largest absolute Gasteiger partial charge is 0.311 e. The highest BCUT2D eigenvalue weighted by Crippen LogP contribution is 2.28. The summed E-state index contributed by atoms with van der Waals surface area (Å²) in [7, 11) is 0. The maximum atomic E-state index is 12.7. The summed E-state index contributed by atoms with van der Waals surface area (Å²) in [5.41, 5.74) is 3.10. The second kappa shape index (κ2) is 7.17. The number of Topliss-reactive ketones (excluding diaryl/α,β-unsaturated/α-hetero) is 1. The lowest BCUT2D eigenvalue weighted by molar-refractivity contribution is -0.118. The maximum absolute atomic E-state index is 12.7. The minimum Gasteiger partial charge on any atom is -0.311 e. The topological polar surface area (TPSA) is 63.2 Å². The molecule has 0 spiro atoms. The van der Waals surface area contributed by atoms with Crippen LogP contribution in [-0.4, -0.2) is 28.2 Å². The molecule has 0 bridgehead atoms. The van der Waals surface area contributed by atoms with Gasteiger partial charge in [-0.3, -0.25) is 14.6 Å². The van der Waals surface area contributed by atoms with Gasteiger partial charge in [-0.05, 0) is 30.7 Å². The fraction of sp³-hybridized carbons (Fsp3) is 0.200. The van der Waals surface area contributed by atoms with Crippen molar-refractivity contribution < 1.29 is 9.59 Å². The van der Waals surface area contributed by atoms with E-state index in [1.165, 1.54) is 11.3 Å². The molecule has 6 heteroatoms. The van der Waals surface area contributed by atoms with Crippen LogP contribution in [0.4, 0.5) is 5.69 Å². The van der Waals surface area contributed by atoms with Gasteiger partial charge in [0.2, 0.25) is 5.91 Å². The van der Waals surface area contributed by atoms with Gasteiger partial charge in [0.1, 0.15) is 5.01 Å². The van der Waals surface area contributed by atoms with E-state index in [-0.39, 0.29) is 11.7 Å². The molecule has 2 aromatic heterocycles. The number of para-hydroxylation sites is 1. The molecule has 4 rings (SSSR count). The van der Waals surface area contributed by atoms with Crippen LogP contribution in [0.15, 0.2) is 54.0 Å². The molecule has 1 aliphatic heterocycles. The Morgan fingerprint density at radius 1 is 1.15 bits per heavy atom. The summed E-state index contributed by atoms with van der Waals surface area (Å²) in [6, 6.07) is 13.1. The van der Waals surface area contributed by atoms with Crippen LogP contribution in [0, 0.1) is 0 Å². The van der Waals surface area contributed by atoms with Gasteiger partial charge >= 0.3 is 0 Å². The number of nitrogens with zero attached hydrogens (tertiary/aromatic N) is 3. The number of hydrogen-bond acceptors (Lipinski definition) is 5. The summed E-state index contributed by atoms with van der Waals surface area (Å²) in [6.07, 6.45) is 3.07. The number of carbonyl (C=O) groups is 2. The minimum atomic E-state index is 0.0253. The number of aryl methyl sites for hydroxylation is 1. The van der Waals surface area contributed by atoms with Crippen LogP contribution in [0.1, 0.15) is 28.9 Å². The Hall–Kier alpha value is -2.86. The van der Waals surface area contributed by atoms with Crippen molar-refractivity contribution in [2.45, 2.75) is 19.3 Å². The van der Waals surface area contributed by atoms with Crippen molar-refractivity contribution in [3.63, 3.8) is 0 Å². The number of aromatic nitrogens is 2. The molecule has 0 saturated carbocycles. The average molecular weight is 363 g/mol. The molecule has 3 aromatic rings. The van der Waals surface area contributed by atoms with E-state index >= 15 is 0 Å². The second-order valence-corrected chi connectivity index (χ2v) is 6.95. The lowest BCUT2D eigenvalue weighted by Gasteiger charge is -2.28. The maximum Gasteiger partial charge on any atom is 0.227 e. The van der Waals surface area contributed by atoms with Crippen molar-refractivity contribution in [2.75, 3.05) is 11.4 Å². The van der Waals surface area contributed by atoms with Crippen molar-refractivity contribution in [1.82, 2.24) is 9.97 Å². The number of carbonyl (C=O) groups excluding carboxylic acids is 2. The molecule has 0 atom stereocenters. The third-order valence-corrected chi connectivity index (χ3v) is 5.30. The molecule has 1 aliphatic rings. The molecule has 5 nitrogen and oxygen atoms in total. The Balaban J connectivity index is 1.44. The van der Waals surface area contributed by atoms with E-state index in [1.807, 2.05) is 41.8 Å². The van der Waals surface area contributed by atoms with Crippen LogP contribution >= 0.6 is 11.3 Å². The van der Waals surface area contributed by atoms with Gasteiger partial charge in [-0.1, -0.05) is 18.2 Å². The van der Waals surface area contributed by atoms with Crippen LogP contribution in [0.5, 0.6) is 0 Å². The molecule has 1 amide bonds. The molecule has 0 unspecified atom stereocenters. The molecule has 26 heavy (non-hydrogen) atoms. The monoisotopic (exact) mass is 363 g/mol. The average Bonchev–Trinajstić information content (AvgIpc) is 3.16. The number of fused-ring (bicyclic) bond motifs is 1. The molecule has 0 saturated heterocycles. The van der Waals surface area contributed by atoms with E-state index in [0.717, 1.165) is 22.1 Å². The summed E-state index contributed by atoms with van der Waals surface area (Å²) in [5, 5.41) is 2.84. The zero-order valence-electron chi connectivity index (χ0n) is 14.1. The van der Waals surface area contributed by atoms with Crippen LogP contribution in [0.25, 0.3) is 10.7 Å². The van der Waals surface area contributed by atoms with Crippen molar-refractivity contribution in [1.29, 1.82) is 0 Å². The Morgan fingerprint density at radius 3 is 2.85 bits per heavy atom. The Morgan fingerprint density at radius 2 is 2.00 bits per heavy atom. The quantitative estimate of drug-likeness (QED) is 0.708. The number of thiazole rings is 1. The summed E-state index contributed by atoms with van der Waals surface area (Å²) >= 11 is 1.54. The van der Waals surface area contributed by atoms with E-state index in [0.29, 0.717) is 31.4 Å². The number of benzene rings is 1. The third-order valence-electron chi connectivity index (χ3n) is 4.39. The van der Waals surface area contributed by atoms with Gasteiger partial charge in [-0.2, -0.15) is 0 Å². The van der Waals surface area contributed by atoms with Gasteiger partial charge in [-0.15, -0.1) is 11.3 Å². The van der Waals surface area contributed by atoms with Gasteiger partial charge in [0.25, 0.3) is 0 Å². The van der Waals surface area contributed by atoms with Gasteiger partial charge in [-0.25, -0.2) is 4.98 Å². The summed E-state index contributed by atoms with van der Waals surface area (Å²) < 4.78 is 0. The van der Waals surface area contributed by atoms with Gasteiger partial charge < -0.3 is 4.90 Å². The van der Waals surface area contributed by atoms with Crippen LogP contribution in [0.3, 0.4) is 0 Å². The summed E-state index contributed by atoms with van der Waals surface area (Å²) in [4.78, 5) is 35.3. The SMILES string of the molecule is O=C1CCN(C(=O)CCc2csc(-c3ccccn3)n2)c2ccccc21. The number of amides is 1. The third kappa shape index (κ3) is 3.28. The lowest BCUT2D eigenvalue weighted by Crippen LogP contribution is -2.37. The molecular formula is C20H17N3O2S. The first-order chi connectivity index (χ1) is 12.7. The standard InChI is InChI=1S/C20H17N3O2S/c24-18-10-12-23(17-7-2-1-5-15(17)18)19(25)9-8-14-13-26-20(22-14)16-6-3-4-11-21-16/h1-7,11,13H,8-10,12H2. The Bertz CT molecular complexity index is 952. The number of anilines is 1. The number of pyridine rings is 1. The normalized spacial score (nSPS) is 13.5. The number of hydrogen-bond donors (Lipinski definition) is 0. The number of rotatable bonds is 4. The highest BCUT2D eigenvalue weighted by molar-refractivity contribution is 7.13. The van der Waals surface area contributed by atoms with Crippen molar-refractivity contribution in [3.8, 4) is 10.7 Å². The number of ketones is 1. The fourth-order valence-electron chi connectivity index (χ4n) is 3.07. The molecule has 0 aliphatic carbocycles. The smallest absolute Gasteiger partial charge is 0.227 e. The Labute approximate surface area is 155 Å². The Kier molecular flexibility index (Phi) is 4.58.